The largest absolute Gasteiger partial charge is 0.480 e. The highest BCUT2D eigenvalue weighted by Gasteiger charge is 2.31. The molecule has 0 bridgehead atoms. The molecule has 5 nitrogen and oxygen atoms in total. The van der Waals surface area contributed by atoms with Crippen LogP contribution in [0.15, 0.2) is 24.3 Å². The molecule has 1 fully saturated rings. The number of amides is 1. The number of carbonyl (C=O) groups excluding carboxylic acids is 1. The van der Waals surface area contributed by atoms with Gasteiger partial charge < -0.3 is 15.2 Å². The van der Waals surface area contributed by atoms with Crippen molar-refractivity contribution in [2.24, 2.45) is 5.92 Å². The lowest BCUT2D eigenvalue weighted by Gasteiger charge is -2.28. The summed E-state index contributed by atoms with van der Waals surface area (Å²) in [6.07, 6.45) is -1.32. The molecule has 1 saturated heterocycles. The van der Waals surface area contributed by atoms with Crippen LogP contribution in [0.25, 0.3) is 0 Å². The molecule has 2 N–H and O–H groups in total. The molecule has 2 atom stereocenters. The molecule has 2 unspecified atom stereocenters. The Labute approximate surface area is 126 Å². The Morgan fingerprint density at radius 3 is 2.73 bits per heavy atom. The molecule has 0 radical (unpaired) electrons. The van der Waals surface area contributed by atoms with Crippen LogP contribution in [-0.2, 0) is 9.53 Å². The van der Waals surface area contributed by atoms with Gasteiger partial charge in [-0.1, -0.05) is 12.1 Å². The maximum atomic E-state index is 12.6. The van der Waals surface area contributed by atoms with Gasteiger partial charge in [-0.15, -0.1) is 0 Å². The monoisotopic (exact) mass is 313 g/mol. The molecule has 0 aliphatic carbocycles. The van der Waals surface area contributed by atoms with Crippen molar-refractivity contribution in [2.45, 2.75) is 25.3 Å². The van der Waals surface area contributed by atoms with E-state index in [4.69, 9.17) is 4.74 Å². The van der Waals surface area contributed by atoms with E-state index >= 15 is 0 Å². The molecule has 2 rings (SSSR count). The molecular weight excluding hydrogens is 296 g/mol. The van der Waals surface area contributed by atoms with E-state index in [0.717, 1.165) is 12.5 Å². The fourth-order valence-electron chi connectivity index (χ4n) is 2.45. The van der Waals surface area contributed by atoms with E-state index in [9.17, 15) is 23.5 Å². The first-order chi connectivity index (χ1) is 10.5. The molecule has 1 aliphatic heterocycles. The van der Waals surface area contributed by atoms with Crippen molar-refractivity contribution >= 4 is 11.9 Å². The smallest absolute Gasteiger partial charge is 0.326 e. The Morgan fingerprint density at radius 2 is 2.14 bits per heavy atom. The minimum Gasteiger partial charge on any atom is -0.480 e. The highest BCUT2D eigenvalue weighted by Crippen LogP contribution is 2.21. The topological polar surface area (TPSA) is 75.6 Å². The quantitative estimate of drug-likeness (QED) is 0.874. The number of halogens is 2. The number of benzene rings is 1. The molecule has 7 heteroatoms. The van der Waals surface area contributed by atoms with Gasteiger partial charge in [0.05, 0.1) is 6.61 Å². The Balaban J connectivity index is 2.10. The van der Waals surface area contributed by atoms with E-state index in [1.165, 1.54) is 18.2 Å². The summed E-state index contributed by atoms with van der Waals surface area (Å²) in [6.45, 7) is 0.835. The number of hydrogen-bond acceptors (Lipinski definition) is 3. The van der Waals surface area contributed by atoms with Gasteiger partial charge in [0.25, 0.3) is 12.3 Å². The number of alkyl halides is 2. The Hall–Kier alpha value is -2.02. The fourth-order valence-corrected chi connectivity index (χ4v) is 2.45. The van der Waals surface area contributed by atoms with Gasteiger partial charge in [-0.25, -0.2) is 13.6 Å². The first-order valence-electron chi connectivity index (χ1n) is 6.98. The molecule has 1 aliphatic rings. The number of carboxylic acid groups (broad SMARTS) is 1. The van der Waals surface area contributed by atoms with Crippen LogP contribution in [-0.4, -0.2) is 36.2 Å². The molecule has 1 heterocycles. The SMILES string of the molecule is O=C(NC(C(=O)O)C1CCCOC1)c1cccc(C(F)F)c1. The third kappa shape index (κ3) is 4.00. The molecule has 120 valence electrons. The molecule has 1 amide bonds. The molecule has 0 aromatic heterocycles. The summed E-state index contributed by atoms with van der Waals surface area (Å²) in [4.78, 5) is 23.5. The summed E-state index contributed by atoms with van der Waals surface area (Å²) in [5.41, 5.74) is -0.263. The second kappa shape index (κ2) is 7.31. The summed E-state index contributed by atoms with van der Waals surface area (Å²) < 4.78 is 30.5. The molecule has 0 spiro atoms. The minimum absolute atomic E-state index is 0.0146. The van der Waals surface area contributed by atoms with Crippen LogP contribution in [0.2, 0.25) is 0 Å². The van der Waals surface area contributed by atoms with Crippen LogP contribution in [0.4, 0.5) is 8.78 Å². The predicted octanol–water partition coefficient (Wildman–Crippen LogP) is 2.23. The zero-order chi connectivity index (χ0) is 16.1. The lowest BCUT2D eigenvalue weighted by molar-refractivity contribution is -0.142. The zero-order valence-corrected chi connectivity index (χ0v) is 11.8. The number of nitrogens with one attached hydrogen (secondary N) is 1. The normalized spacial score (nSPS) is 19.7. The summed E-state index contributed by atoms with van der Waals surface area (Å²) in [5.74, 6) is -2.16. The fraction of sp³-hybridized carbons (Fsp3) is 0.467. The molecular formula is C15H17F2NO4. The van der Waals surface area contributed by atoms with Crippen LogP contribution in [0.5, 0.6) is 0 Å². The van der Waals surface area contributed by atoms with E-state index in [0.29, 0.717) is 13.0 Å². The van der Waals surface area contributed by atoms with Crippen LogP contribution in [0.3, 0.4) is 0 Å². The third-order valence-corrected chi connectivity index (χ3v) is 3.62. The number of carboxylic acids is 1. The highest BCUT2D eigenvalue weighted by atomic mass is 19.3. The average Bonchev–Trinajstić information content (AvgIpc) is 2.53. The van der Waals surface area contributed by atoms with Crippen molar-refractivity contribution < 1.29 is 28.2 Å². The van der Waals surface area contributed by atoms with Crippen molar-refractivity contribution in [3.8, 4) is 0 Å². The van der Waals surface area contributed by atoms with Crippen LogP contribution >= 0.6 is 0 Å². The lowest BCUT2D eigenvalue weighted by Crippen LogP contribution is -2.48. The lowest BCUT2D eigenvalue weighted by atomic mass is 9.93. The van der Waals surface area contributed by atoms with Crippen molar-refractivity contribution in [3.05, 3.63) is 35.4 Å². The summed E-state index contributed by atoms with van der Waals surface area (Å²) in [6, 6.07) is 3.90. The average molecular weight is 313 g/mol. The van der Waals surface area contributed by atoms with Gasteiger partial charge in [-0.05, 0) is 25.0 Å². The van der Waals surface area contributed by atoms with Gasteiger partial charge in [-0.3, -0.25) is 4.79 Å². The van der Waals surface area contributed by atoms with Gasteiger partial charge in [0.15, 0.2) is 0 Å². The third-order valence-electron chi connectivity index (χ3n) is 3.62. The van der Waals surface area contributed by atoms with Crippen molar-refractivity contribution in [2.75, 3.05) is 13.2 Å². The van der Waals surface area contributed by atoms with Gasteiger partial charge in [0.2, 0.25) is 0 Å². The maximum absolute atomic E-state index is 12.6. The van der Waals surface area contributed by atoms with Crippen molar-refractivity contribution in [1.29, 1.82) is 0 Å². The number of ether oxygens (including phenoxy) is 1. The number of carbonyl (C=O) groups is 2. The van der Waals surface area contributed by atoms with Crippen molar-refractivity contribution in [3.63, 3.8) is 0 Å². The van der Waals surface area contributed by atoms with Crippen LogP contribution in [0.1, 0.15) is 35.2 Å². The van der Waals surface area contributed by atoms with Crippen LogP contribution in [0, 0.1) is 5.92 Å². The zero-order valence-electron chi connectivity index (χ0n) is 11.8. The molecule has 1 aromatic rings. The summed E-state index contributed by atoms with van der Waals surface area (Å²) in [7, 11) is 0. The van der Waals surface area contributed by atoms with Gasteiger partial charge >= 0.3 is 5.97 Å². The first kappa shape index (κ1) is 16.4. The van der Waals surface area contributed by atoms with E-state index in [1.54, 1.807) is 0 Å². The Kier molecular flexibility index (Phi) is 5.43. The van der Waals surface area contributed by atoms with E-state index in [1.807, 2.05) is 0 Å². The molecule has 22 heavy (non-hydrogen) atoms. The predicted molar refractivity (Wildman–Crippen MR) is 73.8 cm³/mol. The number of aliphatic carboxylic acids is 1. The standard InChI is InChI=1S/C15H17F2NO4/c16-13(17)9-3-1-4-10(7-9)14(19)18-12(15(20)21)11-5-2-6-22-8-11/h1,3-4,7,11-13H,2,5-6,8H2,(H,18,19)(H,20,21). The first-order valence-corrected chi connectivity index (χ1v) is 6.98. The number of hydrogen-bond donors (Lipinski definition) is 2. The van der Waals surface area contributed by atoms with Crippen LogP contribution < -0.4 is 5.32 Å². The van der Waals surface area contributed by atoms with Gasteiger partial charge in [-0.2, -0.15) is 0 Å². The second-order valence-corrected chi connectivity index (χ2v) is 5.19. The van der Waals surface area contributed by atoms with E-state index in [-0.39, 0.29) is 23.7 Å². The van der Waals surface area contributed by atoms with E-state index < -0.39 is 24.3 Å². The van der Waals surface area contributed by atoms with Crippen molar-refractivity contribution in [1.82, 2.24) is 5.32 Å². The number of rotatable bonds is 5. The summed E-state index contributed by atoms with van der Waals surface area (Å²) >= 11 is 0. The Bertz CT molecular complexity index is 544. The Morgan fingerprint density at radius 1 is 1.36 bits per heavy atom. The minimum atomic E-state index is -2.69. The second-order valence-electron chi connectivity index (χ2n) is 5.19. The van der Waals surface area contributed by atoms with Gasteiger partial charge in [0, 0.05) is 23.7 Å². The molecule has 0 saturated carbocycles. The molecule has 1 aromatic carbocycles. The highest BCUT2D eigenvalue weighted by molar-refractivity contribution is 5.96. The summed E-state index contributed by atoms with van der Waals surface area (Å²) in [5, 5.41) is 11.7. The van der Waals surface area contributed by atoms with E-state index in [2.05, 4.69) is 5.32 Å². The maximum Gasteiger partial charge on any atom is 0.326 e. The van der Waals surface area contributed by atoms with Gasteiger partial charge in [0.1, 0.15) is 6.04 Å².